The minimum atomic E-state index is -0.842. The average molecular weight is 370 g/mol. The summed E-state index contributed by atoms with van der Waals surface area (Å²) in [6.45, 7) is 0. The summed E-state index contributed by atoms with van der Waals surface area (Å²) in [5, 5.41) is 16.1. The standard InChI is InChI=1S/C23H18N2O3/c26-17-12-10-16(11-13-17)22(27)23-25-20(18-8-4-5-9-21(18)28-23)14-19(24-25)15-6-2-1-3-7-15/h1-13,20,23,26H,14H2/t20-,23+/m1/s1. The number of Topliss-reactive ketones (excluding diaryl/α,β-unsaturated/α-hetero) is 1. The molecule has 2 aliphatic heterocycles. The Morgan fingerprint density at radius 1 is 0.964 bits per heavy atom. The van der Waals surface area contributed by atoms with Crippen molar-refractivity contribution in [3.63, 3.8) is 0 Å². The lowest BCUT2D eigenvalue weighted by molar-refractivity contribution is -0.00455. The largest absolute Gasteiger partial charge is 0.508 e. The minimum Gasteiger partial charge on any atom is -0.508 e. The first-order valence-corrected chi connectivity index (χ1v) is 9.21. The highest BCUT2D eigenvalue weighted by Crippen LogP contribution is 2.43. The number of hydrogen-bond donors (Lipinski definition) is 1. The number of rotatable bonds is 3. The molecule has 2 aliphatic rings. The SMILES string of the molecule is O=C(c1ccc(O)cc1)[C@@H]1Oc2ccccc2[C@H]2CC(c3ccccc3)=NN21. The van der Waals surface area contributed by atoms with Gasteiger partial charge >= 0.3 is 0 Å². The molecule has 2 heterocycles. The summed E-state index contributed by atoms with van der Waals surface area (Å²) < 4.78 is 6.08. The highest BCUT2D eigenvalue weighted by Gasteiger charge is 2.43. The molecule has 0 spiro atoms. The van der Waals surface area contributed by atoms with Crippen LogP contribution in [0.25, 0.3) is 0 Å². The molecule has 5 rings (SSSR count). The molecular formula is C23H18N2O3. The first kappa shape index (κ1) is 16.6. The van der Waals surface area contributed by atoms with Gasteiger partial charge in [-0.1, -0.05) is 48.5 Å². The van der Waals surface area contributed by atoms with Crippen LogP contribution in [0, 0.1) is 0 Å². The number of phenols is 1. The average Bonchev–Trinajstić information content (AvgIpc) is 3.20. The number of hydrazone groups is 1. The molecule has 0 fully saturated rings. The Morgan fingerprint density at radius 2 is 1.68 bits per heavy atom. The molecule has 0 amide bonds. The lowest BCUT2D eigenvalue weighted by atomic mass is 9.96. The number of hydrogen-bond acceptors (Lipinski definition) is 5. The first-order chi connectivity index (χ1) is 13.7. The minimum absolute atomic E-state index is 0.0498. The lowest BCUT2D eigenvalue weighted by Crippen LogP contribution is -2.45. The van der Waals surface area contributed by atoms with E-state index in [4.69, 9.17) is 9.84 Å². The van der Waals surface area contributed by atoms with E-state index in [1.807, 2.05) is 54.6 Å². The number of ether oxygens (including phenoxy) is 1. The van der Waals surface area contributed by atoms with Gasteiger partial charge in [0.1, 0.15) is 11.5 Å². The normalized spacial score (nSPS) is 20.0. The van der Waals surface area contributed by atoms with E-state index in [1.165, 1.54) is 12.1 Å². The summed E-state index contributed by atoms with van der Waals surface area (Å²) >= 11 is 0. The van der Waals surface area contributed by atoms with Crippen LogP contribution in [0.1, 0.15) is 33.9 Å². The molecule has 0 radical (unpaired) electrons. The molecule has 0 saturated carbocycles. The van der Waals surface area contributed by atoms with Gasteiger partial charge in [0.2, 0.25) is 5.78 Å². The number of nitrogens with zero attached hydrogens (tertiary/aromatic N) is 2. The van der Waals surface area contributed by atoms with Crippen LogP contribution < -0.4 is 4.74 Å². The second-order valence-electron chi connectivity index (χ2n) is 6.93. The van der Waals surface area contributed by atoms with E-state index in [1.54, 1.807) is 17.1 Å². The van der Waals surface area contributed by atoms with Crippen molar-refractivity contribution in [1.29, 1.82) is 0 Å². The number of benzene rings is 3. The van der Waals surface area contributed by atoms with Crippen LogP contribution in [0.5, 0.6) is 11.5 Å². The van der Waals surface area contributed by atoms with Gasteiger partial charge in [0.15, 0.2) is 0 Å². The van der Waals surface area contributed by atoms with E-state index >= 15 is 0 Å². The maximum atomic E-state index is 13.2. The van der Waals surface area contributed by atoms with Crippen LogP contribution >= 0.6 is 0 Å². The third-order valence-corrected chi connectivity index (χ3v) is 5.18. The number of fused-ring (bicyclic) bond motifs is 3. The molecule has 138 valence electrons. The molecule has 5 nitrogen and oxygen atoms in total. The molecule has 3 aromatic carbocycles. The van der Waals surface area contributed by atoms with Crippen LogP contribution in [0.2, 0.25) is 0 Å². The smallest absolute Gasteiger partial charge is 0.251 e. The molecule has 0 aliphatic carbocycles. The van der Waals surface area contributed by atoms with Crippen LogP contribution in [0.15, 0.2) is 84.0 Å². The monoisotopic (exact) mass is 370 g/mol. The van der Waals surface area contributed by atoms with E-state index in [9.17, 15) is 9.90 Å². The highest BCUT2D eigenvalue weighted by molar-refractivity contribution is 6.03. The summed E-state index contributed by atoms with van der Waals surface area (Å²) in [5.41, 5.74) is 3.50. The Labute approximate surface area is 162 Å². The quantitative estimate of drug-likeness (QED) is 0.704. The zero-order valence-corrected chi connectivity index (χ0v) is 15.0. The third kappa shape index (κ3) is 2.72. The van der Waals surface area contributed by atoms with Gasteiger partial charge in [0.25, 0.3) is 6.23 Å². The summed E-state index contributed by atoms with van der Waals surface area (Å²) in [6, 6.07) is 24.0. The lowest BCUT2D eigenvalue weighted by Gasteiger charge is -2.37. The molecule has 0 saturated heterocycles. The summed E-state index contributed by atoms with van der Waals surface area (Å²) in [5.74, 6) is 0.651. The predicted octanol–water partition coefficient (Wildman–Crippen LogP) is 4.14. The van der Waals surface area contributed by atoms with Crippen molar-refractivity contribution in [3.05, 3.63) is 95.6 Å². The topological polar surface area (TPSA) is 62.1 Å². The number of carbonyl (C=O) groups excluding carboxylic acids is 1. The molecular weight excluding hydrogens is 352 g/mol. The number of carbonyl (C=O) groups is 1. The first-order valence-electron chi connectivity index (χ1n) is 9.21. The van der Waals surface area contributed by atoms with Crippen molar-refractivity contribution in [1.82, 2.24) is 5.01 Å². The van der Waals surface area contributed by atoms with Gasteiger partial charge in [0, 0.05) is 17.5 Å². The van der Waals surface area contributed by atoms with Crippen LogP contribution in [-0.2, 0) is 0 Å². The summed E-state index contributed by atoms with van der Waals surface area (Å²) in [7, 11) is 0. The Balaban J connectivity index is 1.56. The van der Waals surface area contributed by atoms with Gasteiger partial charge in [-0.2, -0.15) is 5.10 Å². The Hall–Kier alpha value is -3.60. The van der Waals surface area contributed by atoms with Crippen molar-refractivity contribution < 1.29 is 14.6 Å². The maximum Gasteiger partial charge on any atom is 0.251 e. The van der Waals surface area contributed by atoms with Gasteiger partial charge in [-0.05, 0) is 35.9 Å². The third-order valence-electron chi connectivity index (χ3n) is 5.18. The maximum absolute atomic E-state index is 13.2. The second kappa shape index (κ2) is 6.53. The van der Waals surface area contributed by atoms with Gasteiger partial charge < -0.3 is 9.84 Å². The van der Waals surface area contributed by atoms with Crippen molar-refractivity contribution in [3.8, 4) is 11.5 Å². The van der Waals surface area contributed by atoms with Crippen molar-refractivity contribution in [2.75, 3.05) is 0 Å². The molecule has 3 aromatic rings. The van der Waals surface area contributed by atoms with E-state index in [0.717, 1.165) is 16.8 Å². The van der Waals surface area contributed by atoms with Gasteiger partial charge in [-0.3, -0.25) is 4.79 Å². The molecule has 0 aromatic heterocycles. The van der Waals surface area contributed by atoms with E-state index in [-0.39, 0.29) is 17.6 Å². The van der Waals surface area contributed by atoms with E-state index in [0.29, 0.717) is 17.7 Å². The number of aromatic hydroxyl groups is 1. The van der Waals surface area contributed by atoms with Gasteiger partial charge in [-0.25, -0.2) is 5.01 Å². The van der Waals surface area contributed by atoms with Crippen LogP contribution in [0.4, 0.5) is 0 Å². The molecule has 28 heavy (non-hydrogen) atoms. The second-order valence-corrected chi connectivity index (χ2v) is 6.93. The molecule has 0 bridgehead atoms. The Bertz CT molecular complexity index is 1060. The number of phenolic OH excluding ortho intramolecular Hbond substituents is 1. The van der Waals surface area contributed by atoms with E-state index < -0.39 is 6.23 Å². The summed E-state index contributed by atoms with van der Waals surface area (Å²) in [6.07, 6.45) is -0.130. The highest BCUT2D eigenvalue weighted by atomic mass is 16.5. The fourth-order valence-corrected chi connectivity index (χ4v) is 3.78. The van der Waals surface area contributed by atoms with E-state index in [2.05, 4.69) is 0 Å². The Kier molecular flexibility index (Phi) is 3.86. The Morgan fingerprint density at radius 3 is 2.46 bits per heavy atom. The molecule has 0 unspecified atom stereocenters. The fraction of sp³-hybridized carbons (Fsp3) is 0.130. The zero-order valence-electron chi connectivity index (χ0n) is 15.0. The van der Waals surface area contributed by atoms with Crippen molar-refractivity contribution >= 4 is 11.5 Å². The number of para-hydroxylation sites is 1. The summed E-state index contributed by atoms with van der Waals surface area (Å²) in [4.78, 5) is 13.2. The van der Waals surface area contributed by atoms with Crippen molar-refractivity contribution in [2.24, 2.45) is 5.10 Å². The zero-order chi connectivity index (χ0) is 19.1. The predicted molar refractivity (Wildman–Crippen MR) is 105 cm³/mol. The fourth-order valence-electron chi connectivity index (χ4n) is 3.78. The molecule has 2 atom stereocenters. The van der Waals surface area contributed by atoms with Gasteiger partial charge in [-0.15, -0.1) is 0 Å². The number of ketones is 1. The molecule has 5 heteroatoms. The van der Waals surface area contributed by atoms with Crippen LogP contribution in [-0.4, -0.2) is 27.8 Å². The van der Waals surface area contributed by atoms with Crippen molar-refractivity contribution in [2.45, 2.75) is 18.7 Å². The molecule has 1 N–H and O–H groups in total. The van der Waals surface area contributed by atoms with Crippen LogP contribution in [0.3, 0.4) is 0 Å². The van der Waals surface area contributed by atoms with Gasteiger partial charge in [0.05, 0.1) is 11.8 Å².